The van der Waals surface area contributed by atoms with Gasteiger partial charge in [0.25, 0.3) is 0 Å². The summed E-state index contributed by atoms with van der Waals surface area (Å²) in [4.78, 5) is 2.33. The molecule has 2 heterocycles. The molecule has 0 unspecified atom stereocenters. The highest BCUT2D eigenvalue weighted by Crippen LogP contribution is 2.28. The van der Waals surface area contributed by atoms with Gasteiger partial charge >= 0.3 is 0 Å². The van der Waals surface area contributed by atoms with E-state index in [0.717, 1.165) is 31.4 Å². The van der Waals surface area contributed by atoms with E-state index in [1.807, 2.05) is 30.3 Å². The molecule has 1 N–H and O–H groups in total. The number of hydrogen-bond acceptors (Lipinski definition) is 5. The van der Waals surface area contributed by atoms with Crippen molar-refractivity contribution in [1.29, 1.82) is 0 Å². The summed E-state index contributed by atoms with van der Waals surface area (Å²) in [5, 5.41) is 18.3. The van der Waals surface area contributed by atoms with Crippen molar-refractivity contribution in [2.24, 2.45) is 0 Å². The van der Waals surface area contributed by atoms with Gasteiger partial charge in [0.1, 0.15) is 0 Å². The molecule has 0 bridgehead atoms. The molecule has 1 aromatic heterocycles. The molecule has 2 atom stereocenters. The van der Waals surface area contributed by atoms with Crippen molar-refractivity contribution in [2.75, 3.05) is 6.54 Å². The number of nitrogens with zero attached hydrogens (tertiary/aromatic N) is 3. The molecule has 0 saturated carbocycles. The summed E-state index contributed by atoms with van der Waals surface area (Å²) in [6.45, 7) is 3.50. The van der Waals surface area contributed by atoms with Crippen LogP contribution in [0.15, 0.2) is 34.7 Å². The third-order valence-electron chi connectivity index (χ3n) is 4.08. The van der Waals surface area contributed by atoms with Crippen LogP contribution < -0.4 is 0 Å². The lowest BCUT2D eigenvalue weighted by atomic mass is 10.0. The Labute approximate surface area is 124 Å². The number of aromatic nitrogens is 2. The van der Waals surface area contributed by atoms with Gasteiger partial charge in [-0.15, -0.1) is 10.2 Å². The minimum atomic E-state index is -0.416. The number of aliphatic hydroxyl groups is 1. The average Bonchev–Trinajstić information content (AvgIpc) is 3.10. The number of likely N-dealkylation sites (tertiary alicyclic amines) is 1. The summed E-state index contributed by atoms with van der Waals surface area (Å²) in [7, 11) is 0. The van der Waals surface area contributed by atoms with Gasteiger partial charge in [-0.3, -0.25) is 4.90 Å². The molecule has 3 rings (SSSR count). The smallest absolute Gasteiger partial charge is 0.230 e. The van der Waals surface area contributed by atoms with Gasteiger partial charge in [-0.2, -0.15) is 0 Å². The fourth-order valence-corrected chi connectivity index (χ4v) is 3.01. The van der Waals surface area contributed by atoms with E-state index in [1.165, 1.54) is 0 Å². The Morgan fingerprint density at radius 1 is 1.33 bits per heavy atom. The summed E-state index contributed by atoms with van der Waals surface area (Å²) in [5.41, 5.74) is 0.984. The van der Waals surface area contributed by atoms with Gasteiger partial charge in [0.05, 0.1) is 12.6 Å². The number of aryl methyl sites for hydroxylation is 1. The molecule has 1 aromatic carbocycles. The van der Waals surface area contributed by atoms with Gasteiger partial charge < -0.3 is 9.52 Å². The number of rotatable bonds is 5. The van der Waals surface area contributed by atoms with Crippen LogP contribution in [-0.2, 0) is 6.54 Å². The molecule has 2 aromatic rings. The molecule has 21 heavy (non-hydrogen) atoms. The molecule has 0 amide bonds. The van der Waals surface area contributed by atoms with E-state index in [-0.39, 0.29) is 0 Å². The number of benzene rings is 1. The van der Waals surface area contributed by atoms with Crippen LogP contribution in [0.4, 0.5) is 0 Å². The van der Waals surface area contributed by atoms with E-state index in [2.05, 4.69) is 15.1 Å². The maximum absolute atomic E-state index is 10.4. The van der Waals surface area contributed by atoms with Gasteiger partial charge in [0.15, 0.2) is 0 Å². The molecule has 5 nitrogen and oxygen atoms in total. The minimum absolute atomic E-state index is 0.368. The molecule has 0 spiro atoms. The molecule has 5 heteroatoms. The standard InChI is InChI=1S/C16H21N3O2/c1-12-17-18-16(21-12)11-19-9-5-8-14(19)10-15(20)13-6-3-2-4-7-13/h2-4,6-7,14-15,20H,5,8-11H2,1H3/t14-,15-/m1/s1. The Morgan fingerprint density at radius 2 is 2.14 bits per heavy atom. The van der Waals surface area contributed by atoms with Crippen molar-refractivity contribution in [3.05, 3.63) is 47.7 Å². The SMILES string of the molecule is Cc1nnc(CN2CCC[C@@H]2C[C@@H](O)c2ccccc2)o1. The largest absolute Gasteiger partial charge is 0.424 e. The molecule has 0 aliphatic carbocycles. The molecule has 1 aliphatic heterocycles. The second-order valence-corrected chi connectivity index (χ2v) is 5.64. The average molecular weight is 287 g/mol. The summed E-state index contributed by atoms with van der Waals surface area (Å²) in [5.74, 6) is 1.26. The Morgan fingerprint density at radius 3 is 2.86 bits per heavy atom. The van der Waals surface area contributed by atoms with Crippen molar-refractivity contribution in [3.63, 3.8) is 0 Å². The lowest BCUT2D eigenvalue weighted by Gasteiger charge is -2.25. The van der Waals surface area contributed by atoms with Crippen LogP contribution in [0.5, 0.6) is 0 Å². The quantitative estimate of drug-likeness (QED) is 0.915. The van der Waals surface area contributed by atoms with E-state index >= 15 is 0 Å². The highest BCUT2D eigenvalue weighted by molar-refractivity contribution is 5.17. The van der Waals surface area contributed by atoms with Gasteiger partial charge in [-0.05, 0) is 31.4 Å². The van der Waals surface area contributed by atoms with E-state index in [4.69, 9.17) is 4.42 Å². The minimum Gasteiger partial charge on any atom is -0.424 e. The van der Waals surface area contributed by atoms with Crippen molar-refractivity contribution in [3.8, 4) is 0 Å². The van der Waals surface area contributed by atoms with E-state index in [0.29, 0.717) is 24.4 Å². The maximum atomic E-state index is 10.4. The zero-order valence-electron chi connectivity index (χ0n) is 12.3. The van der Waals surface area contributed by atoms with Crippen LogP contribution >= 0.6 is 0 Å². The molecular weight excluding hydrogens is 266 g/mol. The van der Waals surface area contributed by atoms with Crippen molar-refractivity contribution in [2.45, 2.75) is 44.9 Å². The normalized spacial score (nSPS) is 20.8. The number of aliphatic hydroxyl groups excluding tert-OH is 1. The Hall–Kier alpha value is -1.72. The van der Waals surface area contributed by atoms with Gasteiger partial charge in [-0.25, -0.2) is 0 Å². The maximum Gasteiger partial charge on any atom is 0.230 e. The van der Waals surface area contributed by atoms with Gasteiger partial charge in [0, 0.05) is 13.0 Å². The van der Waals surface area contributed by atoms with E-state index in [1.54, 1.807) is 6.92 Å². The monoisotopic (exact) mass is 287 g/mol. The Balaban J connectivity index is 1.61. The predicted molar refractivity (Wildman–Crippen MR) is 78.5 cm³/mol. The summed E-state index contributed by atoms with van der Waals surface area (Å²) >= 11 is 0. The predicted octanol–water partition coefficient (Wildman–Crippen LogP) is 2.47. The first-order valence-corrected chi connectivity index (χ1v) is 7.48. The summed E-state index contributed by atoms with van der Waals surface area (Å²) in [6, 6.07) is 10.2. The topological polar surface area (TPSA) is 62.4 Å². The zero-order valence-corrected chi connectivity index (χ0v) is 12.3. The van der Waals surface area contributed by atoms with Crippen LogP contribution in [0.25, 0.3) is 0 Å². The zero-order chi connectivity index (χ0) is 14.7. The van der Waals surface area contributed by atoms with Crippen LogP contribution in [0.2, 0.25) is 0 Å². The van der Waals surface area contributed by atoms with Crippen molar-refractivity contribution < 1.29 is 9.52 Å². The van der Waals surface area contributed by atoms with E-state index < -0.39 is 6.10 Å². The first-order valence-electron chi connectivity index (χ1n) is 7.48. The molecular formula is C16H21N3O2. The van der Waals surface area contributed by atoms with Gasteiger partial charge in [0.2, 0.25) is 11.8 Å². The first-order chi connectivity index (χ1) is 10.2. The molecule has 1 aliphatic rings. The Kier molecular flexibility index (Phi) is 4.31. The third-order valence-corrected chi connectivity index (χ3v) is 4.08. The highest BCUT2D eigenvalue weighted by atomic mass is 16.4. The van der Waals surface area contributed by atoms with Crippen molar-refractivity contribution >= 4 is 0 Å². The Bertz CT molecular complexity index is 570. The van der Waals surface area contributed by atoms with Crippen LogP contribution in [0.3, 0.4) is 0 Å². The molecule has 112 valence electrons. The lowest BCUT2D eigenvalue weighted by Crippen LogP contribution is -2.30. The fraction of sp³-hybridized carbons (Fsp3) is 0.500. The van der Waals surface area contributed by atoms with Crippen molar-refractivity contribution in [1.82, 2.24) is 15.1 Å². The fourth-order valence-electron chi connectivity index (χ4n) is 3.01. The first kappa shape index (κ1) is 14.2. The lowest BCUT2D eigenvalue weighted by molar-refractivity contribution is 0.113. The third kappa shape index (κ3) is 3.49. The second-order valence-electron chi connectivity index (χ2n) is 5.64. The summed E-state index contributed by atoms with van der Waals surface area (Å²) in [6.07, 6.45) is 2.59. The molecule has 0 radical (unpaired) electrons. The van der Waals surface area contributed by atoms with Gasteiger partial charge in [-0.1, -0.05) is 30.3 Å². The molecule has 1 saturated heterocycles. The highest BCUT2D eigenvalue weighted by Gasteiger charge is 2.28. The second kappa shape index (κ2) is 6.37. The summed E-state index contributed by atoms with van der Waals surface area (Å²) < 4.78 is 5.46. The van der Waals surface area contributed by atoms with Crippen LogP contribution in [0.1, 0.15) is 42.7 Å². The van der Waals surface area contributed by atoms with E-state index in [9.17, 15) is 5.11 Å². The number of hydrogen-bond donors (Lipinski definition) is 1. The molecule has 1 fully saturated rings. The van der Waals surface area contributed by atoms with Crippen LogP contribution in [0, 0.1) is 6.92 Å². The van der Waals surface area contributed by atoms with Crippen LogP contribution in [-0.4, -0.2) is 32.8 Å².